The second-order valence-electron chi connectivity index (χ2n) is 9.84. The maximum absolute atomic E-state index is 13.4. The first kappa shape index (κ1) is 25.0. The highest BCUT2D eigenvalue weighted by molar-refractivity contribution is 9.10. The highest BCUT2D eigenvalue weighted by Gasteiger charge is 2.50. The summed E-state index contributed by atoms with van der Waals surface area (Å²) in [5, 5.41) is 3.11. The summed E-state index contributed by atoms with van der Waals surface area (Å²) in [6.07, 6.45) is 2.13. The van der Waals surface area contributed by atoms with Crippen LogP contribution in [0.1, 0.15) is 31.2 Å². The Balaban J connectivity index is 1.56. The van der Waals surface area contributed by atoms with E-state index in [4.69, 9.17) is 4.74 Å². The lowest BCUT2D eigenvalue weighted by atomic mass is 9.72. The molecule has 1 N–H and O–H groups in total. The number of halogens is 1. The van der Waals surface area contributed by atoms with Crippen LogP contribution in [0.3, 0.4) is 0 Å². The molecule has 2 saturated heterocycles. The Labute approximate surface area is 212 Å². The molecular formula is C27H37BrN4O2. The van der Waals surface area contributed by atoms with Crippen molar-refractivity contribution >= 4 is 27.6 Å². The molecule has 2 aliphatic rings. The largest absolute Gasteiger partial charge is 0.497 e. The first-order valence-electron chi connectivity index (χ1n) is 12.3. The van der Waals surface area contributed by atoms with Gasteiger partial charge in [-0.3, -0.25) is 4.90 Å². The fraction of sp³-hybridized carbons (Fsp3) is 0.519. The number of nitrogens with zero attached hydrogens (tertiary/aromatic N) is 3. The number of hydrogen-bond donors (Lipinski definition) is 1. The highest BCUT2D eigenvalue weighted by Crippen LogP contribution is 2.44. The Bertz CT molecular complexity index is 950. The molecule has 0 spiro atoms. The molecule has 0 bridgehead atoms. The van der Waals surface area contributed by atoms with Crippen molar-refractivity contribution in [1.82, 2.24) is 14.7 Å². The first-order chi connectivity index (χ1) is 16.4. The number of ether oxygens (including phenoxy) is 1. The van der Waals surface area contributed by atoms with Gasteiger partial charge in [-0.05, 0) is 74.8 Å². The van der Waals surface area contributed by atoms with E-state index in [-0.39, 0.29) is 6.03 Å². The van der Waals surface area contributed by atoms with Crippen molar-refractivity contribution in [3.63, 3.8) is 0 Å². The number of fused-ring (bicyclic) bond motifs is 1. The van der Waals surface area contributed by atoms with E-state index in [2.05, 4.69) is 76.3 Å². The van der Waals surface area contributed by atoms with Crippen LogP contribution in [-0.2, 0) is 0 Å². The van der Waals surface area contributed by atoms with Crippen LogP contribution in [0, 0.1) is 5.92 Å². The Hall–Kier alpha value is -2.09. The van der Waals surface area contributed by atoms with E-state index in [1.54, 1.807) is 7.11 Å². The smallest absolute Gasteiger partial charge is 0.321 e. The number of benzene rings is 2. The van der Waals surface area contributed by atoms with E-state index in [0.29, 0.717) is 23.9 Å². The van der Waals surface area contributed by atoms with Gasteiger partial charge in [0.05, 0.1) is 7.11 Å². The zero-order valence-electron chi connectivity index (χ0n) is 20.7. The molecule has 34 heavy (non-hydrogen) atoms. The Morgan fingerprint density at radius 3 is 2.44 bits per heavy atom. The van der Waals surface area contributed by atoms with Crippen LogP contribution in [0.2, 0.25) is 0 Å². The number of nitrogens with one attached hydrogen (secondary N) is 1. The van der Waals surface area contributed by atoms with Gasteiger partial charge in [0.15, 0.2) is 0 Å². The van der Waals surface area contributed by atoms with E-state index in [9.17, 15) is 4.79 Å². The molecule has 0 saturated carbocycles. The van der Waals surface area contributed by atoms with Crippen LogP contribution in [-0.4, -0.2) is 80.2 Å². The van der Waals surface area contributed by atoms with E-state index >= 15 is 0 Å². The summed E-state index contributed by atoms with van der Waals surface area (Å²) < 4.78 is 6.35. The van der Waals surface area contributed by atoms with Crippen LogP contribution >= 0.6 is 15.9 Å². The Morgan fingerprint density at radius 2 is 1.82 bits per heavy atom. The molecule has 2 heterocycles. The third kappa shape index (κ3) is 5.58. The number of hydrogen-bond acceptors (Lipinski definition) is 4. The standard InChI is InChI=1S/C27H37BrN4O2/c1-5-24-26(20-6-8-21(28)9-7-20)25-18-31(15-14-19(16-30(2)3)17-32(24)25)27(33)29-22-10-12-23(34-4)13-11-22/h6-13,19,24-26H,5,14-18H2,1-4H3,(H,29,33)/t19?,24-,25+,26+/m1/s1. The van der Waals surface area contributed by atoms with E-state index in [1.165, 1.54) is 5.56 Å². The van der Waals surface area contributed by atoms with Crippen LogP contribution in [0.25, 0.3) is 0 Å². The topological polar surface area (TPSA) is 48.1 Å². The number of methoxy groups -OCH3 is 1. The number of urea groups is 1. The molecule has 4 atom stereocenters. The molecule has 0 aromatic heterocycles. The molecule has 184 valence electrons. The summed E-state index contributed by atoms with van der Waals surface area (Å²) in [6, 6.07) is 17.1. The fourth-order valence-corrected chi connectivity index (χ4v) is 5.96. The van der Waals surface area contributed by atoms with Crippen LogP contribution in [0.5, 0.6) is 5.75 Å². The minimum absolute atomic E-state index is 0.0230. The van der Waals surface area contributed by atoms with Gasteiger partial charge in [-0.2, -0.15) is 0 Å². The van der Waals surface area contributed by atoms with Crippen molar-refractivity contribution < 1.29 is 9.53 Å². The Morgan fingerprint density at radius 1 is 1.12 bits per heavy atom. The molecule has 0 aliphatic carbocycles. The molecule has 0 radical (unpaired) electrons. The van der Waals surface area contributed by atoms with E-state index in [0.717, 1.165) is 54.9 Å². The summed E-state index contributed by atoms with van der Waals surface area (Å²) in [5.74, 6) is 1.75. The first-order valence-corrected chi connectivity index (χ1v) is 13.0. The molecule has 6 nitrogen and oxygen atoms in total. The Kier molecular flexibility index (Phi) is 8.17. The average molecular weight is 530 g/mol. The third-order valence-corrected chi connectivity index (χ3v) is 7.82. The quantitative estimate of drug-likeness (QED) is 0.565. The van der Waals surface area contributed by atoms with Gasteiger partial charge in [0.25, 0.3) is 0 Å². The lowest BCUT2D eigenvalue weighted by Gasteiger charge is -2.58. The van der Waals surface area contributed by atoms with Crippen molar-refractivity contribution in [2.75, 3.05) is 52.7 Å². The van der Waals surface area contributed by atoms with Gasteiger partial charge in [0.1, 0.15) is 5.75 Å². The molecule has 2 aromatic rings. The molecule has 2 aromatic carbocycles. The molecule has 2 fully saturated rings. The van der Waals surface area contributed by atoms with Crippen LogP contribution < -0.4 is 10.1 Å². The highest BCUT2D eigenvalue weighted by atomic mass is 79.9. The number of amides is 2. The molecule has 2 amide bonds. The van der Waals surface area contributed by atoms with Gasteiger partial charge < -0.3 is 19.9 Å². The second kappa shape index (κ2) is 11.1. The lowest BCUT2D eigenvalue weighted by Crippen LogP contribution is -2.68. The minimum Gasteiger partial charge on any atom is -0.497 e. The molecule has 7 heteroatoms. The van der Waals surface area contributed by atoms with Crippen molar-refractivity contribution in [2.45, 2.75) is 37.8 Å². The fourth-order valence-electron chi connectivity index (χ4n) is 5.69. The van der Waals surface area contributed by atoms with Crippen LogP contribution in [0.4, 0.5) is 10.5 Å². The molecule has 1 unspecified atom stereocenters. The van der Waals surface area contributed by atoms with Gasteiger partial charge in [-0.15, -0.1) is 0 Å². The van der Waals surface area contributed by atoms with Gasteiger partial charge in [0.2, 0.25) is 0 Å². The van der Waals surface area contributed by atoms with Crippen molar-refractivity contribution in [2.24, 2.45) is 5.92 Å². The van der Waals surface area contributed by atoms with Crippen molar-refractivity contribution in [3.8, 4) is 5.75 Å². The second-order valence-corrected chi connectivity index (χ2v) is 10.8. The number of rotatable bonds is 6. The van der Waals surface area contributed by atoms with Crippen molar-refractivity contribution in [3.05, 3.63) is 58.6 Å². The SMILES string of the molecule is CC[C@@H]1[C@H](c2ccc(Br)cc2)[C@@H]2CN(C(=O)Nc3ccc(OC)cc3)CCC(CN(C)C)CN12. The summed E-state index contributed by atoms with van der Waals surface area (Å²) >= 11 is 3.57. The minimum atomic E-state index is -0.0230. The monoisotopic (exact) mass is 528 g/mol. The molecule has 4 rings (SSSR count). The summed E-state index contributed by atoms with van der Waals surface area (Å²) in [4.78, 5) is 20.4. The summed E-state index contributed by atoms with van der Waals surface area (Å²) in [5.41, 5.74) is 2.16. The molecule has 2 aliphatic heterocycles. The van der Waals surface area contributed by atoms with Gasteiger partial charge in [-0.25, -0.2) is 4.79 Å². The predicted molar refractivity (Wildman–Crippen MR) is 142 cm³/mol. The molecular weight excluding hydrogens is 492 g/mol. The third-order valence-electron chi connectivity index (χ3n) is 7.29. The lowest BCUT2D eigenvalue weighted by molar-refractivity contribution is -0.0522. The van der Waals surface area contributed by atoms with Gasteiger partial charge in [0, 0.05) is 54.3 Å². The van der Waals surface area contributed by atoms with Gasteiger partial charge in [-0.1, -0.05) is 35.0 Å². The summed E-state index contributed by atoms with van der Waals surface area (Å²) in [7, 11) is 5.93. The average Bonchev–Trinajstić information content (AvgIpc) is 2.81. The number of carbonyl (C=O) groups is 1. The zero-order chi connectivity index (χ0) is 24.2. The number of carbonyl (C=O) groups excluding carboxylic acids is 1. The normalized spacial score (nSPS) is 25.2. The number of anilines is 1. The van der Waals surface area contributed by atoms with E-state index in [1.807, 2.05) is 29.2 Å². The maximum Gasteiger partial charge on any atom is 0.321 e. The van der Waals surface area contributed by atoms with Gasteiger partial charge >= 0.3 is 6.03 Å². The van der Waals surface area contributed by atoms with Crippen LogP contribution in [0.15, 0.2) is 53.0 Å². The van der Waals surface area contributed by atoms with Crippen molar-refractivity contribution in [1.29, 1.82) is 0 Å². The summed E-state index contributed by atoms with van der Waals surface area (Å²) in [6.45, 7) is 5.95. The van der Waals surface area contributed by atoms with E-state index < -0.39 is 0 Å². The maximum atomic E-state index is 13.4. The zero-order valence-corrected chi connectivity index (χ0v) is 22.3. The predicted octanol–water partition coefficient (Wildman–Crippen LogP) is 5.12.